The maximum absolute atomic E-state index is 14.2. The highest BCUT2D eigenvalue weighted by atomic mass is 19.1. The molecule has 0 aliphatic heterocycles. The summed E-state index contributed by atoms with van der Waals surface area (Å²) in [7, 11) is 0. The van der Waals surface area contributed by atoms with Crippen LogP contribution >= 0.6 is 0 Å². The molecule has 3 aromatic carbocycles. The summed E-state index contributed by atoms with van der Waals surface area (Å²) in [5, 5.41) is 0. The quantitative estimate of drug-likeness (QED) is 0.419. The first kappa shape index (κ1) is 16.0. The number of benzene rings is 3. The minimum absolute atomic E-state index is 0.0472. The van der Waals surface area contributed by atoms with Gasteiger partial charge in [-0.25, -0.2) is 17.6 Å². The van der Waals surface area contributed by atoms with Crippen LogP contribution in [0, 0.1) is 23.3 Å². The van der Waals surface area contributed by atoms with Gasteiger partial charge < -0.3 is 0 Å². The van der Waals surface area contributed by atoms with Crippen LogP contribution in [0.2, 0.25) is 0 Å². The number of hydrogen-bond donors (Lipinski definition) is 0. The zero-order chi connectivity index (χ0) is 17.1. The van der Waals surface area contributed by atoms with Gasteiger partial charge in [0.25, 0.3) is 0 Å². The molecule has 0 spiro atoms. The second-order valence-electron chi connectivity index (χ2n) is 5.24. The summed E-state index contributed by atoms with van der Waals surface area (Å²) in [6, 6.07) is 14.2. The summed E-state index contributed by atoms with van der Waals surface area (Å²) < 4.78 is 54.0. The third-order valence-corrected chi connectivity index (χ3v) is 3.55. The third-order valence-electron chi connectivity index (χ3n) is 3.55. The molecular formula is C20H12F4. The van der Waals surface area contributed by atoms with Gasteiger partial charge in [0.1, 0.15) is 23.3 Å². The summed E-state index contributed by atoms with van der Waals surface area (Å²) in [6.45, 7) is 0. The average molecular weight is 328 g/mol. The molecule has 0 bridgehead atoms. The molecule has 3 aromatic rings. The lowest BCUT2D eigenvalue weighted by Crippen LogP contribution is -1.94. The molecule has 4 heteroatoms. The maximum atomic E-state index is 14.2. The van der Waals surface area contributed by atoms with Crippen molar-refractivity contribution in [2.75, 3.05) is 0 Å². The highest BCUT2D eigenvalue weighted by molar-refractivity contribution is 5.91. The molecule has 0 heterocycles. The Morgan fingerprint density at radius 3 is 1.79 bits per heavy atom. The fourth-order valence-corrected chi connectivity index (χ4v) is 2.38. The van der Waals surface area contributed by atoms with Crippen molar-refractivity contribution in [3.05, 3.63) is 107 Å². The average Bonchev–Trinajstić information content (AvgIpc) is 2.58. The SMILES string of the molecule is Fc1ccc(/C=C(/c2ccc(F)cc2)c2cc(F)ccc2F)cc1. The third kappa shape index (κ3) is 3.54. The van der Waals surface area contributed by atoms with Gasteiger partial charge in [-0.15, -0.1) is 0 Å². The van der Waals surface area contributed by atoms with Gasteiger partial charge in [-0.05, 0) is 65.2 Å². The van der Waals surface area contributed by atoms with Crippen LogP contribution in [0.4, 0.5) is 17.6 Å². The van der Waals surface area contributed by atoms with Crippen LogP contribution in [-0.4, -0.2) is 0 Å². The molecule has 0 unspecified atom stereocenters. The molecule has 0 radical (unpaired) electrons. The molecule has 0 fully saturated rings. The van der Waals surface area contributed by atoms with E-state index in [-0.39, 0.29) is 5.56 Å². The van der Waals surface area contributed by atoms with E-state index in [0.717, 1.165) is 18.2 Å². The molecule has 0 saturated heterocycles. The molecule has 0 N–H and O–H groups in total. The van der Waals surface area contributed by atoms with E-state index in [1.165, 1.54) is 48.5 Å². The molecular weight excluding hydrogens is 316 g/mol. The van der Waals surface area contributed by atoms with Crippen LogP contribution in [0.3, 0.4) is 0 Å². The Labute approximate surface area is 136 Å². The van der Waals surface area contributed by atoms with Crippen LogP contribution in [0.25, 0.3) is 11.6 Å². The van der Waals surface area contributed by atoms with Crippen LogP contribution in [0.1, 0.15) is 16.7 Å². The van der Waals surface area contributed by atoms with E-state index in [9.17, 15) is 17.6 Å². The molecule has 3 rings (SSSR count). The Morgan fingerprint density at radius 2 is 1.17 bits per heavy atom. The minimum Gasteiger partial charge on any atom is -0.207 e. The molecule has 0 saturated carbocycles. The van der Waals surface area contributed by atoms with Crippen LogP contribution in [0.15, 0.2) is 66.7 Å². The normalized spacial score (nSPS) is 11.6. The number of hydrogen-bond acceptors (Lipinski definition) is 0. The van der Waals surface area contributed by atoms with Crippen molar-refractivity contribution in [2.45, 2.75) is 0 Å². The van der Waals surface area contributed by atoms with E-state index in [1.54, 1.807) is 6.08 Å². The molecule has 0 amide bonds. The molecule has 0 aliphatic rings. The standard InChI is InChI=1S/C20H12F4/c21-15-5-1-13(2-6-15)11-18(14-3-7-16(22)8-4-14)19-12-17(23)9-10-20(19)24/h1-12H/b18-11-. The van der Waals surface area contributed by atoms with Gasteiger partial charge in [-0.2, -0.15) is 0 Å². The molecule has 0 nitrogen and oxygen atoms in total. The second-order valence-corrected chi connectivity index (χ2v) is 5.24. The number of halogens is 4. The Bertz CT molecular complexity index is 879. The van der Waals surface area contributed by atoms with Crippen LogP contribution < -0.4 is 0 Å². The van der Waals surface area contributed by atoms with E-state index in [1.807, 2.05) is 0 Å². The Kier molecular flexibility index (Phi) is 4.47. The Hall–Kier alpha value is -2.88. The molecule has 0 aromatic heterocycles. The van der Waals surface area contributed by atoms with Crippen LogP contribution in [-0.2, 0) is 0 Å². The zero-order valence-corrected chi connectivity index (χ0v) is 12.4. The first-order valence-corrected chi connectivity index (χ1v) is 7.21. The maximum Gasteiger partial charge on any atom is 0.131 e. The minimum atomic E-state index is -0.603. The smallest absolute Gasteiger partial charge is 0.131 e. The van der Waals surface area contributed by atoms with Crippen molar-refractivity contribution in [1.82, 2.24) is 0 Å². The van der Waals surface area contributed by atoms with Crippen LogP contribution in [0.5, 0.6) is 0 Å². The van der Waals surface area contributed by atoms with Crippen molar-refractivity contribution in [3.63, 3.8) is 0 Å². The summed E-state index contributed by atoms with van der Waals surface area (Å²) >= 11 is 0. The van der Waals surface area contributed by atoms with Crippen molar-refractivity contribution in [3.8, 4) is 0 Å². The lowest BCUT2D eigenvalue weighted by molar-refractivity contribution is 0.597. The van der Waals surface area contributed by atoms with E-state index < -0.39 is 23.3 Å². The molecule has 0 aliphatic carbocycles. The first-order valence-electron chi connectivity index (χ1n) is 7.21. The van der Waals surface area contributed by atoms with E-state index >= 15 is 0 Å². The van der Waals surface area contributed by atoms with Crippen molar-refractivity contribution < 1.29 is 17.6 Å². The monoisotopic (exact) mass is 328 g/mol. The largest absolute Gasteiger partial charge is 0.207 e. The van der Waals surface area contributed by atoms with Crippen molar-refractivity contribution in [2.24, 2.45) is 0 Å². The Balaban J connectivity index is 2.18. The molecule has 0 atom stereocenters. The van der Waals surface area contributed by atoms with Crippen molar-refractivity contribution >= 4 is 11.6 Å². The summed E-state index contributed by atoms with van der Waals surface area (Å²) in [4.78, 5) is 0. The van der Waals surface area contributed by atoms with Gasteiger partial charge in [0.2, 0.25) is 0 Å². The van der Waals surface area contributed by atoms with Gasteiger partial charge in [0.05, 0.1) is 0 Å². The van der Waals surface area contributed by atoms with E-state index in [0.29, 0.717) is 16.7 Å². The summed E-state index contributed by atoms with van der Waals surface area (Å²) in [5.74, 6) is -2.01. The molecule has 24 heavy (non-hydrogen) atoms. The summed E-state index contributed by atoms with van der Waals surface area (Å²) in [5.41, 5.74) is 1.55. The highest BCUT2D eigenvalue weighted by Gasteiger charge is 2.12. The number of rotatable bonds is 3. The van der Waals surface area contributed by atoms with Gasteiger partial charge in [-0.3, -0.25) is 0 Å². The lowest BCUT2D eigenvalue weighted by Gasteiger charge is -2.11. The first-order chi connectivity index (χ1) is 11.5. The fourth-order valence-electron chi connectivity index (χ4n) is 2.38. The predicted octanol–water partition coefficient (Wildman–Crippen LogP) is 5.83. The van der Waals surface area contributed by atoms with Gasteiger partial charge >= 0.3 is 0 Å². The van der Waals surface area contributed by atoms with Crippen molar-refractivity contribution in [1.29, 1.82) is 0 Å². The van der Waals surface area contributed by atoms with E-state index in [2.05, 4.69) is 0 Å². The van der Waals surface area contributed by atoms with Gasteiger partial charge in [0, 0.05) is 5.56 Å². The lowest BCUT2D eigenvalue weighted by atomic mass is 9.95. The molecule has 120 valence electrons. The fraction of sp³-hybridized carbons (Fsp3) is 0. The topological polar surface area (TPSA) is 0 Å². The Morgan fingerprint density at radius 1 is 0.625 bits per heavy atom. The second kappa shape index (κ2) is 6.71. The highest BCUT2D eigenvalue weighted by Crippen LogP contribution is 2.29. The van der Waals surface area contributed by atoms with Gasteiger partial charge in [0.15, 0.2) is 0 Å². The van der Waals surface area contributed by atoms with E-state index in [4.69, 9.17) is 0 Å². The summed E-state index contributed by atoms with van der Waals surface area (Å²) in [6.07, 6.45) is 1.60. The predicted molar refractivity (Wildman–Crippen MR) is 86.1 cm³/mol. The zero-order valence-electron chi connectivity index (χ0n) is 12.4. The van der Waals surface area contributed by atoms with Gasteiger partial charge in [-0.1, -0.05) is 24.3 Å².